The summed E-state index contributed by atoms with van der Waals surface area (Å²) >= 11 is 0. The van der Waals surface area contributed by atoms with Crippen molar-refractivity contribution in [2.75, 3.05) is 19.6 Å². The molecule has 18 heavy (non-hydrogen) atoms. The molecule has 2 aliphatic rings. The summed E-state index contributed by atoms with van der Waals surface area (Å²) in [5, 5.41) is 3.70. The van der Waals surface area contributed by atoms with Crippen LogP contribution in [0.5, 0.6) is 0 Å². The topological polar surface area (TPSA) is 24.5 Å². The molecule has 0 radical (unpaired) electrons. The molecule has 4 atom stereocenters. The average molecular weight is 254 g/mol. The molecule has 0 aliphatic carbocycles. The predicted molar refractivity (Wildman–Crippen MR) is 75.8 cm³/mol. The van der Waals surface area contributed by atoms with Gasteiger partial charge in [0.15, 0.2) is 0 Å². The van der Waals surface area contributed by atoms with Crippen LogP contribution < -0.4 is 5.32 Å². The van der Waals surface area contributed by atoms with Crippen LogP contribution in [0.25, 0.3) is 0 Å². The van der Waals surface area contributed by atoms with Gasteiger partial charge in [-0.2, -0.15) is 0 Å². The number of rotatable bonds is 4. The van der Waals surface area contributed by atoms with Gasteiger partial charge in [0.05, 0.1) is 12.2 Å². The average Bonchev–Trinajstić information content (AvgIpc) is 2.74. The molecule has 0 saturated carbocycles. The zero-order valence-electron chi connectivity index (χ0n) is 12.5. The van der Waals surface area contributed by atoms with Crippen LogP contribution in [0, 0.1) is 5.92 Å². The highest BCUT2D eigenvalue weighted by Crippen LogP contribution is 2.23. The highest BCUT2D eigenvalue weighted by molar-refractivity contribution is 4.89. The Balaban J connectivity index is 1.89. The summed E-state index contributed by atoms with van der Waals surface area (Å²) < 4.78 is 5.99. The lowest BCUT2D eigenvalue weighted by Gasteiger charge is -2.42. The van der Waals surface area contributed by atoms with Gasteiger partial charge in [-0.25, -0.2) is 0 Å². The highest BCUT2D eigenvalue weighted by atomic mass is 16.5. The van der Waals surface area contributed by atoms with Crippen LogP contribution in [0.1, 0.15) is 47.0 Å². The maximum absolute atomic E-state index is 5.99. The van der Waals surface area contributed by atoms with Gasteiger partial charge in [-0.1, -0.05) is 20.8 Å². The fourth-order valence-corrected chi connectivity index (χ4v) is 3.24. The van der Waals surface area contributed by atoms with Crippen LogP contribution in [-0.2, 0) is 4.74 Å². The Hall–Kier alpha value is -0.120. The molecule has 4 unspecified atom stereocenters. The van der Waals surface area contributed by atoms with Gasteiger partial charge in [0.1, 0.15) is 0 Å². The normalized spacial score (nSPS) is 38.5. The monoisotopic (exact) mass is 254 g/mol. The fraction of sp³-hybridized carbons (Fsp3) is 1.00. The van der Waals surface area contributed by atoms with Crippen molar-refractivity contribution < 1.29 is 4.74 Å². The van der Waals surface area contributed by atoms with Gasteiger partial charge >= 0.3 is 0 Å². The van der Waals surface area contributed by atoms with Crippen molar-refractivity contribution in [3.8, 4) is 0 Å². The van der Waals surface area contributed by atoms with Crippen LogP contribution in [0.2, 0.25) is 0 Å². The Kier molecular flexibility index (Phi) is 5.05. The molecule has 0 amide bonds. The number of piperazine rings is 1. The van der Waals surface area contributed by atoms with E-state index in [0.29, 0.717) is 30.2 Å². The molecule has 2 saturated heterocycles. The number of ether oxygens (including phenoxy) is 1. The third-order valence-corrected chi connectivity index (χ3v) is 4.60. The van der Waals surface area contributed by atoms with Crippen LogP contribution in [0.4, 0.5) is 0 Å². The van der Waals surface area contributed by atoms with Gasteiger partial charge in [-0.15, -0.1) is 0 Å². The van der Waals surface area contributed by atoms with Gasteiger partial charge < -0.3 is 10.1 Å². The van der Waals surface area contributed by atoms with Crippen molar-refractivity contribution in [1.29, 1.82) is 0 Å². The van der Waals surface area contributed by atoms with Crippen molar-refractivity contribution in [2.45, 2.75) is 71.2 Å². The summed E-state index contributed by atoms with van der Waals surface area (Å²) in [6.07, 6.45) is 4.66. The Morgan fingerprint density at radius 1 is 1.33 bits per heavy atom. The second kappa shape index (κ2) is 6.36. The third-order valence-electron chi connectivity index (χ3n) is 4.60. The van der Waals surface area contributed by atoms with Crippen molar-refractivity contribution in [2.24, 2.45) is 5.92 Å². The number of nitrogens with zero attached hydrogens (tertiary/aromatic N) is 1. The zero-order chi connectivity index (χ0) is 13.1. The Labute approximate surface area is 112 Å². The molecule has 2 rings (SSSR count). The molecule has 2 heterocycles. The van der Waals surface area contributed by atoms with Gasteiger partial charge in [0.2, 0.25) is 0 Å². The SMILES string of the molecule is CCC1CNC(C(C)C)CN1CC1CCC(C)O1. The predicted octanol–water partition coefficient (Wildman–Crippen LogP) is 2.26. The first-order chi connectivity index (χ1) is 8.60. The lowest BCUT2D eigenvalue weighted by molar-refractivity contribution is 0.00714. The molecule has 0 spiro atoms. The number of hydrogen-bond acceptors (Lipinski definition) is 3. The van der Waals surface area contributed by atoms with E-state index in [1.807, 2.05) is 0 Å². The second-order valence-electron chi connectivity index (χ2n) is 6.42. The minimum atomic E-state index is 0.471. The van der Waals surface area contributed by atoms with Crippen molar-refractivity contribution >= 4 is 0 Å². The summed E-state index contributed by atoms with van der Waals surface area (Å²) in [4.78, 5) is 2.67. The third kappa shape index (κ3) is 3.46. The Morgan fingerprint density at radius 2 is 2.11 bits per heavy atom. The second-order valence-corrected chi connectivity index (χ2v) is 6.42. The molecular formula is C15H30N2O. The molecule has 2 aliphatic heterocycles. The van der Waals surface area contributed by atoms with E-state index in [0.717, 1.165) is 13.1 Å². The summed E-state index contributed by atoms with van der Waals surface area (Å²) in [7, 11) is 0. The number of hydrogen-bond donors (Lipinski definition) is 1. The summed E-state index contributed by atoms with van der Waals surface area (Å²) in [6, 6.07) is 1.34. The van der Waals surface area contributed by atoms with E-state index in [4.69, 9.17) is 4.74 Å². The largest absolute Gasteiger partial charge is 0.374 e. The van der Waals surface area contributed by atoms with E-state index in [1.54, 1.807) is 0 Å². The van der Waals surface area contributed by atoms with Crippen LogP contribution in [0.3, 0.4) is 0 Å². The molecular weight excluding hydrogens is 224 g/mol. The first-order valence-corrected chi connectivity index (χ1v) is 7.73. The molecule has 0 aromatic heterocycles. The molecule has 1 N–H and O–H groups in total. The molecule has 3 heteroatoms. The Bertz CT molecular complexity index is 257. The van der Waals surface area contributed by atoms with E-state index in [2.05, 4.69) is 37.9 Å². The van der Waals surface area contributed by atoms with Crippen molar-refractivity contribution in [3.05, 3.63) is 0 Å². The molecule has 3 nitrogen and oxygen atoms in total. The van der Waals surface area contributed by atoms with Crippen molar-refractivity contribution in [3.63, 3.8) is 0 Å². The van der Waals surface area contributed by atoms with Gasteiger partial charge in [-0.05, 0) is 32.1 Å². The summed E-state index contributed by atoms with van der Waals surface area (Å²) in [6.45, 7) is 12.6. The standard InChI is InChI=1S/C15H30N2O/c1-5-13-8-16-15(11(2)3)10-17(13)9-14-7-6-12(4)18-14/h11-16H,5-10H2,1-4H3. The van der Waals surface area contributed by atoms with E-state index in [-0.39, 0.29) is 0 Å². The summed E-state index contributed by atoms with van der Waals surface area (Å²) in [5.41, 5.74) is 0. The van der Waals surface area contributed by atoms with E-state index < -0.39 is 0 Å². The quantitative estimate of drug-likeness (QED) is 0.833. The van der Waals surface area contributed by atoms with Crippen LogP contribution in [0.15, 0.2) is 0 Å². The highest BCUT2D eigenvalue weighted by Gasteiger charge is 2.31. The lowest BCUT2D eigenvalue weighted by Crippen LogP contribution is -2.59. The minimum Gasteiger partial charge on any atom is -0.374 e. The number of nitrogens with one attached hydrogen (secondary N) is 1. The maximum atomic E-state index is 5.99. The maximum Gasteiger partial charge on any atom is 0.0706 e. The first-order valence-electron chi connectivity index (χ1n) is 7.73. The smallest absolute Gasteiger partial charge is 0.0706 e. The van der Waals surface area contributed by atoms with Crippen LogP contribution >= 0.6 is 0 Å². The van der Waals surface area contributed by atoms with Gasteiger partial charge in [0, 0.05) is 31.7 Å². The molecule has 0 aromatic carbocycles. The van der Waals surface area contributed by atoms with E-state index >= 15 is 0 Å². The molecule has 106 valence electrons. The minimum absolute atomic E-state index is 0.471. The molecule has 0 aromatic rings. The summed E-state index contributed by atoms with van der Waals surface area (Å²) in [5.74, 6) is 0.716. The van der Waals surface area contributed by atoms with Gasteiger partial charge in [0.25, 0.3) is 0 Å². The zero-order valence-corrected chi connectivity index (χ0v) is 12.5. The van der Waals surface area contributed by atoms with Crippen LogP contribution in [-0.4, -0.2) is 48.8 Å². The van der Waals surface area contributed by atoms with Crippen molar-refractivity contribution in [1.82, 2.24) is 10.2 Å². The fourth-order valence-electron chi connectivity index (χ4n) is 3.24. The van der Waals surface area contributed by atoms with Gasteiger partial charge in [-0.3, -0.25) is 4.90 Å². The van der Waals surface area contributed by atoms with E-state index in [9.17, 15) is 0 Å². The lowest BCUT2D eigenvalue weighted by atomic mass is 9.98. The molecule has 0 bridgehead atoms. The Morgan fingerprint density at radius 3 is 2.67 bits per heavy atom. The van der Waals surface area contributed by atoms with E-state index in [1.165, 1.54) is 25.8 Å². The molecule has 2 fully saturated rings. The first kappa shape index (κ1) is 14.3.